The van der Waals surface area contributed by atoms with E-state index >= 15 is 0 Å². The number of nitrogen functional groups attached to an aromatic ring is 1. The van der Waals surface area contributed by atoms with Crippen molar-refractivity contribution in [1.29, 1.82) is 0 Å². The fourth-order valence-corrected chi connectivity index (χ4v) is 1.94. The molecule has 0 bridgehead atoms. The van der Waals surface area contributed by atoms with Gasteiger partial charge in [0, 0.05) is 11.3 Å². The van der Waals surface area contributed by atoms with E-state index in [1.807, 2.05) is 54.6 Å². The summed E-state index contributed by atoms with van der Waals surface area (Å²) in [5.41, 5.74) is 7.35. The number of anilines is 1. The summed E-state index contributed by atoms with van der Waals surface area (Å²) >= 11 is 0. The van der Waals surface area contributed by atoms with Crippen molar-refractivity contribution in [2.24, 2.45) is 0 Å². The lowest BCUT2D eigenvalue weighted by Gasteiger charge is -2.05. The third-order valence-corrected chi connectivity index (χ3v) is 3.04. The van der Waals surface area contributed by atoms with Gasteiger partial charge in [-0.25, -0.2) is 9.67 Å². The van der Waals surface area contributed by atoms with E-state index in [2.05, 4.69) is 10.1 Å². The molecule has 21 heavy (non-hydrogen) atoms. The molecule has 0 fully saturated rings. The van der Waals surface area contributed by atoms with Crippen LogP contribution in [-0.4, -0.2) is 21.4 Å². The van der Waals surface area contributed by atoms with Crippen LogP contribution < -0.4 is 10.5 Å². The Bertz CT molecular complexity index is 692. The standard InChI is InChI=1S/C16H16N4O/c17-14-8-6-13(7-9-14)16-18-12-20(19-16)10-11-21-15-4-2-1-3-5-15/h1-9,12H,10-11,17H2. The van der Waals surface area contributed by atoms with Gasteiger partial charge < -0.3 is 10.5 Å². The van der Waals surface area contributed by atoms with E-state index in [0.29, 0.717) is 19.0 Å². The first-order valence-corrected chi connectivity index (χ1v) is 6.74. The van der Waals surface area contributed by atoms with Gasteiger partial charge in [-0.05, 0) is 36.4 Å². The van der Waals surface area contributed by atoms with E-state index in [-0.39, 0.29) is 0 Å². The zero-order valence-corrected chi connectivity index (χ0v) is 11.5. The van der Waals surface area contributed by atoms with Gasteiger partial charge in [0.05, 0.1) is 6.54 Å². The first kappa shape index (κ1) is 13.2. The van der Waals surface area contributed by atoms with Gasteiger partial charge in [-0.2, -0.15) is 5.10 Å². The van der Waals surface area contributed by atoms with Gasteiger partial charge in [-0.15, -0.1) is 0 Å². The Balaban J connectivity index is 1.59. The van der Waals surface area contributed by atoms with Gasteiger partial charge >= 0.3 is 0 Å². The highest BCUT2D eigenvalue weighted by atomic mass is 16.5. The topological polar surface area (TPSA) is 66.0 Å². The number of hydrogen-bond donors (Lipinski definition) is 1. The Morgan fingerprint density at radius 3 is 2.52 bits per heavy atom. The van der Waals surface area contributed by atoms with Crippen molar-refractivity contribution in [1.82, 2.24) is 14.8 Å². The smallest absolute Gasteiger partial charge is 0.181 e. The van der Waals surface area contributed by atoms with E-state index in [4.69, 9.17) is 10.5 Å². The summed E-state index contributed by atoms with van der Waals surface area (Å²) in [4.78, 5) is 4.30. The predicted octanol–water partition coefficient (Wildman–Crippen LogP) is 2.61. The number of nitrogens with two attached hydrogens (primary N) is 1. The van der Waals surface area contributed by atoms with E-state index in [0.717, 1.165) is 17.0 Å². The summed E-state index contributed by atoms with van der Waals surface area (Å²) in [7, 11) is 0. The molecule has 3 rings (SSSR count). The lowest BCUT2D eigenvalue weighted by Crippen LogP contribution is -2.08. The van der Waals surface area contributed by atoms with E-state index in [1.54, 1.807) is 11.0 Å². The lowest BCUT2D eigenvalue weighted by atomic mass is 10.2. The van der Waals surface area contributed by atoms with Crippen molar-refractivity contribution in [3.63, 3.8) is 0 Å². The molecule has 1 heterocycles. The molecule has 0 aliphatic heterocycles. The largest absolute Gasteiger partial charge is 0.492 e. The number of aromatic nitrogens is 3. The molecule has 5 heteroatoms. The van der Waals surface area contributed by atoms with Crippen molar-refractivity contribution >= 4 is 5.69 Å². The summed E-state index contributed by atoms with van der Waals surface area (Å²) in [6, 6.07) is 17.2. The fourth-order valence-electron chi connectivity index (χ4n) is 1.94. The molecular formula is C16H16N4O. The third-order valence-electron chi connectivity index (χ3n) is 3.04. The number of benzene rings is 2. The molecule has 2 N–H and O–H groups in total. The number of ether oxygens (including phenoxy) is 1. The third kappa shape index (κ3) is 3.39. The molecule has 0 atom stereocenters. The molecule has 0 saturated heterocycles. The predicted molar refractivity (Wildman–Crippen MR) is 81.8 cm³/mol. The van der Waals surface area contributed by atoms with Crippen LogP contribution in [-0.2, 0) is 6.54 Å². The maximum Gasteiger partial charge on any atom is 0.181 e. The second-order valence-electron chi connectivity index (χ2n) is 4.61. The molecule has 2 aromatic carbocycles. The van der Waals surface area contributed by atoms with Crippen LogP contribution in [0, 0.1) is 0 Å². The maximum atomic E-state index is 5.67. The number of nitrogens with zero attached hydrogens (tertiary/aromatic N) is 3. The summed E-state index contributed by atoms with van der Waals surface area (Å²) in [5, 5.41) is 4.43. The van der Waals surface area contributed by atoms with E-state index in [1.165, 1.54) is 0 Å². The van der Waals surface area contributed by atoms with Crippen LogP contribution >= 0.6 is 0 Å². The summed E-state index contributed by atoms with van der Waals surface area (Å²) < 4.78 is 7.41. The van der Waals surface area contributed by atoms with E-state index in [9.17, 15) is 0 Å². The van der Waals surface area contributed by atoms with Gasteiger partial charge in [0.1, 0.15) is 18.7 Å². The number of rotatable bonds is 5. The zero-order chi connectivity index (χ0) is 14.5. The van der Waals surface area contributed by atoms with Gasteiger partial charge in [-0.3, -0.25) is 0 Å². The quantitative estimate of drug-likeness (QED) is 0.730. The van der Waals surface area contributed by atoms with Crippen molar-refractivity contribution in [3.05, 3.63) is 60.9 Å². The average Bonchev–Trinajstić information content (AvgIpc) is 2.98. The summed E-state index contributed by atoms with van der Waals surface area (Å²) in [5.74, 6) is 1.55. The Kier molecular flexibility index (Phi) is 3.82. The highest BCUT2D eigenvalue weighted by Gasteiger charge is 2.04. The lowest BCUT2D eigenvalue weighted by molar-refractivity contribution is 0.291. The summed E-state index contributed by atoms with van der Waals surface area (Å²) in [6.45, 7) is 1.20. The molecule has 1 aromatic heterocycles. The Hall–Kier alpha value is -2.82. The minimum absolute atomic E-state index is 0.550. The molecule has 106 valence electrons. The van der Waals surface area contributed by atoms with Crippen LogP contribution in [0.5, 0.6) is 5.75 Å². The van der Waals surface area contributed by atoms with E-state index < -0.39 is 0 Å². The Morgan fingerprint density at radius 2 is 1.76 bits per heavy atom. The van der Waals surface area contributed by atoms with Gasteiger partial charge in [0.2, 0.25) is 0 Å². The molecule has 0 aliphatic carbocycles. The maximum absolute atomic E-state index is 5.67. The highest BCUT2D eigenvalue weighted by molar-refractivity contribution is 5.57. The highest BCUT2D eigenvalue weighted by Crippen LogP contribution is 2.15. The first-order chi connectivity index (χ1) is 10.3. The molecule has 0 radical (unpaired) electrons. The van der Waals surface area contributed by atoms with Crippen LogP contribution in [0.1, 0.15) is 0 Å². The molecule has 3 aromatic rings. The molecule has 0 saturated carbocycles. The second kappa shape index (κ2) is 6.09. The van der Waals surface area contributed by atoms with Crippen molar-refractivity contribution < 1.29 is 4.74 Å². The SMILES string of the molecule is Nc1ccc(-c2ncn(CCOc3ccccc3)n2)cc1. The zero-order valence-electron chi connectivity index (χ0n) is 11.5. The molecule has 0 spiro atoms. The second-order valence-corrected chi connectivity index (χ2v) is 4.61. The number of para-hydroxylation sites is 1. The molecule has 0 unspecified atom stereocenters. The van der Waals surface area contributed by atoms with Gasteiger partial charge in [-0.1, -0.05) is 18.2 Å². The number of hydrogen-bond acceptors (Lipinski definition) is 4. The summed E-state index contributed by atoms with van der Waals surface area (Å²) in [6.07, 6.45) is 1.71. The molecule has 0 aliphatic rings. The minimum atomic E-state index is 0.550. The van der Waals surface area contributed by atoms with Crippen LogP contribution in [0.4, 0.5) is 5.69 Å². The first-order valence-electron chi connectivity index (χ1n) is 6.74. The Labute approximate surface area is 123 Å². The van der Waals surface area contributed by atoms with Crippen molar-refractivity contribution in [2.75, 3.05) is 12.3 Å². The van der Waals surface area contributed by atoms with Crippen LogP contribution in [0.15, 0.2) is 60.9 Å². The van der Waals surface area contributed by atoms with Crippen LogP contribution in [0.2, 0.25) is 0 Å². The van der Waals surface area contributed by atoms with Gasteiger partial charge in [0.15, 0.2) is 5.82 Å². The van der Waals surface area contributed by atoms with Crippen molar-refractivity contribution in [2.45, 2.75) is 6.54 Å². The minimum Gasteiger partial charge on any atom is -0.492 e. The molecular weight excluding hydrogens is 264 g/mol. The fraction of sp³-hybridized carbons (Fsp3) is 0.125. The molecule has 0 amide bonds. The molecule has 5 nitrogen and oxygen atoms in total. The monoisotopic (exact) mass is 280 g/mol. The van der Waals surface area contributed by atoms with Crippen molar-refractivity contribution in [3.8, 4) is 17.1 Å². The van der Waals surface area contributed by atoms with Crippen LogP contribution in [0.25, 0.3) is 11.4 Å². The normalized spacial score (nSPS) is 10.5. The van der Waals surface area contributed by atoms with Gasteiger partial charge in [0.25, 0.3) is 0 Å². The average molecular weight is 280 g/mol. The Morgan fingerprint density at radius 1 is 1.00 bits per heavy atom. The van der Waals surface area contributed by atoms with Crippen LogP contribution in [0.3, 0.4) is 0 Å².